The average molecular weight is 262 g/mol. The first kappa shape index (κ1) is 14.8. The highest BCUT2D eigenvalue weighted by Crippen LogP contribution is 2.25. The Morgan fingerprint density at radius 2 is 2.11 bits per heavy atom. The van der Waals surface area contributed by atoms with Crippen LogP contribution in [0.3, 0.4) is 0 Å². The smallest absolute Gasteiger partial charge is 0.256 e. The van der Waals surface area contributed by atoms with Crippen LogP contribution in [-0.4, -0.2) is 25.7 Å². The molecule has 102 valence electrons. The van der Waals surface area contributed by atoms with Gasteiger partial charge in [0, 0.05) is 6.07 Å². The van der Waals surface area contributed by atoms with Crippen molar-refractivity contribution in [3.8, 4) is 17.6 Å². The van der Waals surface area contributed by atoms with Crippen LogP contribution in [0.25, 0.3) is 0 Å². The third-order valence-electron chi connectivity index (χ3n) is 3.00. The van der Waals surface area contributed by atoms with E-state index in [0.29, 0.717) is 23.5 Å². The predicted octanol–water partition coefficient (Wildman–Crippen LogP) is 2.13. The summed E-state index contributed by atoms with van der Waals surface area (Å²) >= 11 is 0. The van der Waals surface area contributed by atoms with Crippen LogP contribution in [0.5, 0.6) is 11.5 Å². The fourth-order valence-electron chi connectivity index (χ4n) is 1.50. The van der Waals surface area contributed by atoms with Gasteiger partial charge in [0.15, 0.2) is 0 Å². The van der Waals surface area contributed by atoms with Gasteiger partial charge in [-0.15, -0.1) is 0 Å². The molecule has 0 aromatic heterocycles. The van der Waals surface area contributed by atoms with Crippen molar-refractivity contribution in [2.75, 3.05) is 14.2 Å². The molecule has 19 heavy (non-hydrogen) atoms. The largest absolute Gasteiger partial charge is 0.497 e. The Balaban J connectivity index is 3.04. The Bertz CT molecular complexity index is 508. The number of rotatable bonds is 5. The molecular formula is C14H18N2O3. The summed E-state index contributed by atoms with van der Waals surface area (Å²) in [5.74, 6) is 0.672. The molecule has 0 fully saturated rings. The van der Waals surface area contributed by atoms with E-state index in [0.717, 1.165) is 0 Å². The lowest BCUT2D eigenvalue weighted by Crippen LogP contribution is -2.44. The topological polar surface area (TPSA) is 71.4 Å². The van der Waals surface area contributed by atoms with E-state index in [4.69, 9.17) is 14.7 Å². The van der Waals surface area contributed by atoms with E-state index >= 15 is 0 Å². The van der Waals surface area contributed by atoms with Gasteiger partial charge in [-0.2, -0.15) is 5.26 Å². The molecule has 5 nitrogen and oxygen atoms in total. The Hall–Kier alpha value is -2.22. The lowest BCUT2D eigenvalue weighted by atomic mass is 10.0. The molecular weight excluding hydrogens is 244 g/mol. The van der Waals surface area contributed by atoms with E-state index < -0.39 is 5.54 Å². The first-order chi connectivity index (χ1) is 8.99. The van der Waals surface area contributed by atoms with Gasteiger partial charge in [0.05, 0.1) is 25.9 Å². The molecule has 1 atom stereocenters. The van der Waals surface area contributed by atoms with Crippen molar-refractivity contribution in [3.63, 3.8) is 0 Å². The SMILES string of the molecule is CCC(C)(C#N)NC(=O)c1ccc(OC)cc1OC. The van der Waals surface area contributed by atoms with Gasteiger partial charge in [-0.05, 0) is 25.5 Å². The van der Waals surface area contributed by atoms with Gasteiger partial charge in [-0.1, -0.05) is 6.92 Å². The molecule has 0 aliphatic rings. The molecule has 0 aliphatic heterocycles. The van der Waals surface area contributed by atoms with Crippen molar-refractivity contribution in [3.05, 3.63) is 23.8 Å². The molecule has 5 heteroatoms. The molecule has 0 saturated carbocycles. The van der Waals surface area contributed by atoms with Crippen LogP contribution in [0, 0.1) is 11.3 Å². The highest BCUT2D eigenvalue weighted by atomic mass is 16.5. The van der Waals surface area contributed by atoms with Gasteiger partial charge >= 0.3 is 0 Å². The van der Waals surface area contributed by atoms with E-state index in [1.807, 2.05) is 6.92 Å². The number of methoxy groups -OCH3 is 2. The molecule has 0 radical (unpaired) electrons. The second-order valence-electron chi connectivity index (χ2n) is 4.32. The average Bonchev–Trinajstić information content (AvgIpc) is 2.46. The number of benzene rings is 1. The number of hydrogen-bond acceptors (Lipinski definition) is 4. The minimum Gasteiger partial charge on any atom is -0.497 e. The molecule has 0 spiro atoms. The van der Waals surface area contributed by atoms with Crippen LogP contribution in [0.1, 0.15) is 30.6 Å². The summed E-state index contributed by atoms with van der Waals surface area (Å²) in [4.78, 5) is 12.2. The van der Waals surface area contributed by atoms with Gasteiger partial charge in [0.1, 0.15) is 17.0 Å². The number of carbonyl (C=O) groups is 1. The summed E-state index contributed by atoms with van der Waals surface area (Å²) in [6.45, 7) is 3.52. The summed E-state index contributed by atoms with van der Waals surface area (Å²) in [5, 5.41) is 11.8. The maximum absolute atomic E-state index is 12.2. The minimum absolute atomic E-state index is 0.342. The highest BCUT2D eigenvalue weighted by Gasteiger charge is 2.25. The van der Waals surface area contributed by atoms with Gasteiger partial charge in [-0.3, -0.25) is 4.79 Å². The number of amides is 1. The zero-order chi connectivity index (χ0) is 14.5. The third kappa shape index (κ3) is 3.38. The predicted molar refractivity (Wildman–Crippen MR) is 71.3 cm³/mol. The number of hydrogen-bond donors (Lipinski definition) is 1. The fourth-order valence-corrected chi connectivity index (χ4v) is 1.50. The maximum atomic E-state index is 12.2. The van der Waals surface area contributed by atoms with E-state index in [1.54, 1.807) is 32.2 Å². The molecule has 1 N–H and O–H groups in total. The zero-order valence-corrected chi connectivity index (χ0v) is 11.6. The Labute approximate surface area is 113 Å². The maximum Gasteiger partial charge on any atom is 0.256 e. The van der Waals surface area contributed by atoms with E-state index in [1.165, 1.54) is 7.11 Å². The zero-order valence-electron chi connectivity index (χ0n) is 11.6. The van der Waals surface area contributed by atoms with Crippen LogP contribution < -0.4 is 14.8 Å². The molecule has 1 aromatic carbocycles. The van der Waals surface area contributed by atoms with E-state index in [9.17, 15) is 4.79 Å². The van der Waals surface area contributed by atoms with Crippen molar-refractivity contribution in [1.29, 1.82) is 5.26 Å². The Kier molecular flexibility index (Phi) is 4.76. The van der Waals surface area contributed by atoms with Crippen LogP contribution in [-0.2, 0) is 0 Å². The molecule has 1 aromatic rings. The van der Waals surface area contributed by atoms with Crippen LogP contribution in [0.2, 0.25) is 0 Å². The molecule has 0 heterocycles. The van der Waals surface area contributed by atoms with Gasteiger partial charge in [-0.25, -0.2) is 0 Å². The van der Waals surface area contributed by atoms with E-state index in [-0.39, 0.29) is 5.91 Å². The Morgan fingerprint density at radius 3 is 2.58 bits per heavy atom. The number of nitrogens with zero attached hydrogens (tertiary/aromatic N) is 1. The number of nitrogens with one attached hydrogen (secondary N) is 1. The van der Waals surface area contributed by atoms with E-state index in [2.05, 4.69) is 11.4 Å². The van der Waals surface area contributed by atoms with Crippen molar-refractivity contribution in [2.45, 2.75) is 25.8 Å². The first-order valence-corrected chi connectivity index (χ1v) is 5.95. The molecule has 0 aliphatic carbocycles. The van der Waals surface area contributed by atoms with Crippen LogP contribution in [0.15, 0.2) is 18.2 Å². The minimum atomic E-state index is -0.887. The summed E-state index contributed by atoms with van der Waals surface area (Å²) in [7, 11) is 3.02. The van der Waals surface area contributed by atoms with Crippen LogP contribution in [0.4, 0.5) is 0 Å². The fraction of sp³-hybridized carbons (Fsp3) is 0.429. The van der Waals surface area contributed by atoms with Crippen molar-refractivity contribution < 1.29 is 14.3 Å². The first-order valence-electron chi connectivity index (χ1n) is 5.95. The van der Waals surface area contributed by atoms with Crippen molar-refractivity contribution >= 4 is 5.91 Å². The van der Waals surface area contributed by atoms with Crippen molar-refractivity contribution in [1.82, 2.24) is 5.32 Å². The lowest BCUT2D eigenvalue weighted by molar-refractivity contribution is 0.0920. The second kappa shape index (κ2) is 6.10. The summed E-state index contributed by atoms with van der Waals surface area (Å²) in [6, 6.07) is 7.01. The monoisotopic (exact) mass is 262 g/mol. The number of carbonyl (C=O) groups excluding carboxylic acids is 1. The highest BCUT2D eigenvalue weighted by molar-refractivity contribution is 5.97. The number of nitriles is 1. The quantitative estimate of drug-likeness (QED) is 0.882. The molecule has 1 amide bonds. The molecule has 1 rings (SSSR count). The van der Waals surface area contributed by atoms with Crippen molar-refractivity contribution in [2.24, 2.45) is 0 Å². The lowest BCUT2D eigenvalue weighted by Gasteiger charge is -2.22. The summed E-state index contributed by atoms with van der Waals surface area (Å²) in [6.07, 6.45) is 0.522. The summed E-state index contributed by atoms with van der Waals surface area (Å²) in [5.41, 5.74) is -0.514. The second-order valence-corrected chi connectivity index (χ2v) is 4.32. The Morgan fingerprint density at radius 1 is 1.42 bits per heavy atom. The van der Waals surface area contributed by atoms with Gasteiger partial charge < -0.3 is 14.8 Å². The third-order valence-corrected chi connectivity index (χ3v) is 3.00. The van der Waals surface area contributed by atoms with Gasteiger partial charge in [0.2, 0.25) is 0 Å². The van der Waals surface area contributed by atoms with Gasteiger partial charge in [0.25, 0.3) is 5.91 Å². The normalized spacial score (nSPS) is 13.0. The molecule has 1 unspecified atom stereocenters. The van der Waals surface area contributed by atoms with Crippen LogP contribution >= 0.6 is 0 Å². The molecule has 0 saturated heterocycles. The standard InChI is InChI=1S/C14H18N2O3/c1-5-14(2,9-15)16-13(17)11-7-6-10(18-3)8-12(11)19-4/h6-8H,5H2,1-4H3,(H,16,17). The molecule has 0 bridgehead atoms. The number of ether oxygens (including phenoxy) is 2. The summed E-state index contributed by atoms with van der Waals surface area (Å²) < 4.78 is 10.2.